The van der Waals surface area contributed by atoms with Crippen LogP contribution < -0.4 is 15.0 Å². The van der Waals surface area contributed by atoms with Crippen LogP contribution in [-0.2, 0) is 14.3 Å². The van der Waals surface area contributed by atoms with Gasteiger partial charge in [-0.1, -0.05) is 18.2 Å². The first-order valence-electron chi connectivity index (χ1n) is 9.17. The van der Waals surface area contributed by atoms with Gasteiger partial charge in [-0.3, -0.25) is 9.59 Å². The van der Waals surface area contributed by atoms with Crippen LogP contribution in [0.2, 0.25) is 0 Å². The largest absolute Gasteiger partial charge is 0.492 e. The van der Waals surface area contributed by atoms with Crippen molar-refractivity contribution in [1.29, 1.82) is 0 Å². The molecule has 3 rings (SSSR count). The SMILES string of the molecule is CCOc1ccccc1NC(=O)COC(=O)c1cccc(N2CCCC2=O)c1. The van der Waals surface area contributed by atoms with E-state index in [4.69, 9.17) is 9.47 Å². The van der Waals surface area contributed by atoms with Gasteiger partial charge in [-0.2, -0.15) is 0 Å². The number of benzene rings is 2. The Bertz CT molecular complexity index is 881. The van der Waals surface area contributed by atoms with Gasteiger partial charge in [0.1, 0.15) is 5.75 Å². The second kappa shape index (κ2) is 9.03. The van der Waals surface area contributed by atoms with E-state index in [0.29, 0.717) is 42.3 Å². The van der Waals surface area contributed by atoms with E-state index in [-0.39, 0.29) is 5.91 Å². The summed E-state index contributed by atoms with van der Waals surface area (Å²) in [5, 5.41) is 2.67. The van der Waals surface area contributed by atoms with Gasteiger partial charge in [0.05, 0.1) is 17.9 Å². The highest BCUT2D eigenvalue weighted by molar-refractivity contribution is 5.99. The van der Waals surface area contributed by atoms with Crippen molar-refractivity contribution >= 4 is 29.2 Å². The molecule has 28 heavy (non-hydrogen) atoms. The van der Waals surface area contributed by atoms with Crippen LogP contribution in [0.1, 0.15) is 30.1 Å². The van der Waals surface area contributed by atoms with Crippen molar-refractivity contribution in [2.24, 2.45) is 0 Å². The average molecular weight is 382 g/mol. The lowest BCUT2D eigenvalue weighted by atomic mass is 10.2. The summed E-state index contributed by atoms with van der Waals surface area (Å²) >= 11 is 0. The molecule has 1 N–H and O–H groups in total. The first-order valence-corrected chi connectivity index (χ1v) is 9.17. The van der Waals surface area contributed by atoms with E-state index in [2.05, 4.69) is 5.32 Å². The highest BCUT2D eigenvalue weighted by Gasteiger charge is 2.22. The standard InChI is InChI=1S/C21H22N2O5/c1-2-27-18-10-4-3-9-17(18)22-19(24)14-28-21(26)15-7-5-8-16(13-15)23-12-6-11-20(23)25/h3-5,7-10,13H,2,6,11-12,14H2,1H3,(H,22,24). The lowest BCUT2D eigenvalue weighted by Gasteiger charge is -2.16. The van der Waals surface area contributed by atoms with Gasteiger partial charge in [0.15, 0.2) is 6.61 Å². The normalized spacial score (nSPS) is 13.3. The number of hydrogen-bond acceptors (Lipinski definition) is 5. The summed E-state index contributed by atoms with van der Waals surface area (Å²) in [6, 6.07) is 13.7. The Labute approximate surface area is 163 Å². The van der Waals surface area contributed by atoms with Gasteiger partial charge in [0, 0.05) is 18.7 Å². The predicted molar refractivity (Wildman–Crippen MR) is 105 cm³/mol. The van der Waals surface area contributed by atoms with Gasteiger partial charge < -0.3 is 19.7 Å². The number of ether oxygens (including phenoxy) is 2. The summed E-state index contributed by atoms with van der Waals surface area (Å²) in [7, 11) is 0. The van der Waals surface area contributed by atoms with Crippen LogP contribution >= 0.6 is 0 Å². The fourth-order valence-electron chi connectivity index (χ4n) is 2.97. The van der Waals surface area contributed by atoms with Crippen LogP contribution in [0.25, 0.3) is 0 Å². The lowest BCUT2D eigenvalue weighted by Crippen LogP contribution is -2.24. The lowest BCUT2D eigenvalue weighted by molar-refractivity contribution is -0.119. The van der Waals surface area contributed by atoms with Crippen molar-refractivity contribution in [2.45, 2.75) is 19.8 Å². The first kappa shape index (κ1) is 19.4. The Kier molecular flexibility index (Phi) is 6.26. The summed E-state index contributed by atoms with van der Waals surface area (Å²) in [4.78, 5) is 37.9. The summed E-state index contributed by atoms with van der Waals surface area (Å²) in [6.45, 7) is 2.53. The van der Waals surface area contributed by atoms with E-state index >= 15 is 0 Å². The Balaban J connectivity index is 1.58. The maximum atomic E-state index is 12.3. The van der Waals surface area contributed by atoms with Gasteiger partial charge in [0.25, 0.3) is 5.91 Å². The molecule has 7 nitrogen and oxygen atoms in total. The zero-order valence-corrected chi connectivity index (χ0v) is 15.6. The third-order valence-corrected chi connectivity index (χ3v) is 4.26. The quantitative estimate of drug-likeness (QED) is 0.744. The highest BCUT2D eigenvalue weighted by atomic mass is 16.5. The summed E-state index contributed by atoms with van der Waals surface area (Å²) in [6.07, 6.45) is 1.31. The molecule has 1 heterocycles. The maximum absolute atomic E-state index is 12.3. The van der Waals surface area contributed by atoms with Gasteiger partial charge in [-0.05, 0) is 43.7 Å². The molecule has 2 amide bonds. The second-order valence-corrected chi connectivity index (χ2v) is 6.25. The molecule has 0 radical (unpaired) electrons. The minimum Gasteiger partial charge on any atom is -0.492 e. The maximum Gasteiger partial charge on any atom is 0.338 e. The molecule has 1 aliphatic heterocycles. The molecule has 2 aromatic rings. The highest BCUT2D eigenvalue weighted by Crippen LogP contribution is 2.24. The minimum atomic E-state index is -0.623. The van der Waals surface area contributed by atoms with E-state index in [1.807, 2.05) is 6.92 Å². The zero-order valence-electron chi connectivity index (χ0n) is 15.6. The average Bonchev–Trinajstić information content (AvgIpc) is 3.14. The van der Waals surface area contributed by atoms with Crippen molar-refractivity contribution < 1.29 is 23.9 Å². The van der Waals surface area contributed by atoms with Crippen molar-refractivity contribution in [1.82, 2.24) is 0 Å². The number of nitrogens with one attached hydrogen (secondary N) is 1. The van der Waals surface area contributed by atoms with Crippen LogP contribution in [0.5, 0.6) is 5.75 Å². The molecule has 0 aromatic heterocycles. The van der Waals surface area contributed by atoms with E-state index in [1.165, 1.54) is 0 Å². The van der Waals surface area contributed by atoms with Crippen LogP contribution in [0.15, 0.2) is 48.5 Å². The number of rotatable bonds is 7. The van der Waals surface area contributed by atoms with Crippen LogP contribution in [0.3, 0.4) is 0 Å². The molecule has 0 aliphatic carbocycles. The third-order valence-electron chi connectivity index (χ3n) is 4.26. The molecule has 1 saturated heterocycles. The molecular weight excluding hydrogens is 360 g/mol. The molecular formula is C21H22N2O5. The predicted octanol–water partition coefficient (Wildman–Crippen LogP) is 3.01. The number of esters is 1. The van der Waals surface area contributed by atoms with Crippen molar-refractivity contribution in [2.75, 3.05) is 30.0 Å². The summed E-state index contributed by atoms with van der Waals surface area (Å²) < 4.78 is 10.6. The van der Waals surface area contributed by atoms with Crippen LogP contribution in [0.4, 0.5) is 11.4 Å². The molecule has 0 bridgehead atoms. The number of para-hydroxylation sites is 2. The summed E-state index contributed by atoms with van der Waals surface area (Å²) in [5.41, 5.74) is 1.46. The van der Waals surface area contributed by atoms with E-state index in [1.54, 1.807) is 53.4 Å². The Morgan fingerprint density at radius 3 is 2.71 bits per heavy atom. The number of carbonyl (C=O) groups excluding carboxylic acids is 3. The van der Waals surface area contributed by atoms with E-state index < -0.39 is 18.5 Å². The molecule has 0 atom stereocenters. The molecule has 0 spiro atoms. The number of amides is 2. The molecule has 2 aromatic carbocycles. The number of anilines is 2. The molecule has 146 valence electrons. The number of carbonyl (C=O) groups is 3. The smallest absolute Gasteiger partial charge is 0.338 e. The fraction of sp³-hybridized carbons (Fsp3) is 0.286. The topological polar surface area (TPSA) is 84.9 Å². The Morgan fingerprint density at radius 2 is 1.96 bits per heavy atom. The van der Waals surface area contributed by atoms with Crippen LogP contribution in [-0.4, -0.2) is 37.5 Å². The van der Waals surface area contributed by atoms with Gasteiger partial charge in [0.2, 0.25) is 5.91 Å². The van der Waals surface area contributed by atoms with E-state index in [9.17, 15) is 14.4 Å². The summed E-state index contributed by atoms with van der Waals surface area (Å²) in [5.74, 6) is -0.501. The minimum absolute atomic E-state index is 0.0397. The van der Waals surface area contributed by atoms with Gasteiger partial charge in [-0.15, -0.1) is 0 Å². The van der Waals surface area contributed by atoms with Crippen molar-refractivity contribution in [3.05, 3.63) is 54.1 Å². The molecule has 0 saturated carbocycles. The van der Waals surface area contributed by atoms with Crippen molar-refractivity contribution in [3.63, 3.8) is 0 Å². The zero-order chi connectivity index (χ0) is 19.9. The van der Waals surface area contributed by atoms with Gasteiger partial charge >= 0.3 is 5.97 Å². The fourth-order valence-corrected chi connectivity index (χ4v) is 2.97. The Morgan fingerprint density at radius 1 is 1.14 bits per heavy atom. The second-order valence-electron chi connectivity index (χ2n) is 6.25. The monoisotopic (exact) mass is 382 g/mol. The van der Waals surface area contributed by atoms with E-state index in [0.717, 1.165) is 6.42 Å². The molecule has 1 aliphatic rings. The third kappa shape index (κ3) is 4.68. The molecule has 7 heteroatoms. The molecule has 1 fully saturated rings. The van der Waals surface area contributed by atoms with Gasteiger partial charge in [-0.25, -0.2) is 4.79 Å². The first-order chi connectivity index (χ1) is 13.6. The Hall–Kier alpha value is -3.35. The van der Waals surface area contributed by atoms with Crippen molar-refractivity contribution in [3.8, 4) is 5.75 Å². The molecule has 0 unspecified atom stereocenters. The number of nitrogens with zero attached hydrogens (tertiary/aromatic N) is 1. The van der Waals surface area contributed by atoms with Crippen LogP contribution in [0, 0.1) is 0 Å². The number of hydrogen-bond donors (Lipinski definition) is 1.